The molecule has 1 aliphatic rings. The van der Waals surface area contributed by atoms with Crippen LogP contribution in [0.3, 0.4) is 0 Å². The molecule has 0 amide bonds. The van der Waals surface area contributed by atoms with Crippen molar-refractivity contribution in [3.63, 3.8) is 0 Å². The Morgan fingerprint density at radius 1 is 1.21 bits per heavy atom. The van der Waals surface area contributed by atoms with Crippen LogP contribution in [0.4, 0.5) is 0 Å². The number of hydrogen-bond donors (Lipinski definition) is 1. The lowest BCUT2D eigenvalue weighted by molar-refractivity contribution is 0.302. The highest BCUT2D eigenvalue weighted by atomic mass is 79.9. The van der Waals surface area contributed by atoms with E-state index in [1.54, 1.807) is 0 Å². The molecule has 1 atom stereocenters. The molecular weight excluding hydrogens is 388 g/mol. The van der Waals surface area contributed by atoms with E-state index in [0.717, 1.165) is 36.4 Å². The van der Waals surface area contributed by atoms with Gasteiger partial charge in [0.1, 0.15) is 12.4 Å². The maximum absolute atomic E-state index is 5.96. The quantitative estimate of drug-likeness (QED) is 0.765. The highest BCUT2D eigenvalue weighted by Gasteiger charge is 2.20. The number of likely N-dealkylation sites (tertiary alicyclic amines) is 1. The molecule has 1 fully saturated rings. The standard InChI is InChI=1S/C19H22BrClN2O/c20-18-9-17(21)4-5-19(18)24-13-15-3-1-2-14(8-15)11-23-7-6-16(10-22)12-23/h1-5,8-9,16H,6-7,10-13,22H2. The van der Waals surface area contributed by atoms with Crippen LogP contribution in [0.2, 0.25) is 5.02 Å². The van der Waals surface area contributed by atoms with Gasteiger partial charge in [-0.15, -0.1) is 0 Å². The largest absolute Gasteiger partial charge is 0.488 e. The Morgan fingerprint density at radius 3 is 2.79 bits per heavy atom. The molecule has 3 nitrogen and oxygen atoms in total. The van der Waals surface area contributed by atoms with Gasteiger partial charge in [-0.3, -0.25) is 4.90 Å². The van der Waals surface area contributed by atoms with Crippen molar-refractivity contribution < 1.29 is 4.74 Å². The third kappa shape index (κ3) is 4.73. The number of nitrogens with zero attached hydrogens (tertiary/aromatic N) is 1. The summed E-state index contributed by atoms with van der Waals surface area (Å²) in [6.45, 7) is 4.56. The Bertz CT molecular complexity index is 695. The van der Waals surface area contributed by atoms with Crippen molar-refractivity contribution >= 4 is 27.5 Å². The van der Waals surface area contributed by atoms with Gasteiger partial charge >= 0.3 is 0 Å². The number of nitrogens with two attached hydrogens (primary N) is 1. The second-order valence-corrected chi connectivity index (χ2v) is 7.60. The van der Waals surface area contributed by atoms with E-state index in [-0.39, 0.29) is 0 Å². The van der Waals surface area contributed by atoms with Gasteiger partial charge in [-0.25, -0.2) is 0 Å². The van der Waals surface area contributed by atoms with Gasteiger partial charge in [-0.1, -0.05) is 35.9 Å². The normalized spacial score (nSPS) is 18.0. The van der Waals surface area contributed by atoms with Crippen LogP contribution in [-0.2, 0) is 13.2 Å². The fourth-order valence-corrected chi connectivity index (χ4v) is 3.88. The zero-order chi connectivity index (χ0) is 16.9. The molecule has 0 spiro atoms. The van der Waals surface area contributed by atoms with Crippen LogP contribution < -0.4 is 10.5 Å². The van der Waals surface area contributed by atoms with Gasteiger partial charge in [0, 0.05) is 18.1 Å². The first-order valence-corrected chi connectivity index (χ1v) is 9.39. The van der Waals surface area contributed by atoms with Crippen LogP contribution in [0.25, 0.3) is 0 Å². The van der Waals surface area contributed by atoms with E-state index in [2.05, 4.69) is 45.1 Å². The highest BCUT2D eigenvalue weighted by molar-refractivity contribution is 9.10. The topological polar surface area (TPSA) is 38.5 Å². The van der Waals surface area contributed by atoms with Crippen LogP contribution in [-0.4, -0.2) is 24.5 Å². The Kier molecular flexibility index (Phi) is 6.17. The summed E-state index contributed by atoms with van der Waals surface area (Å²) < 4.78 is 6.77. The highest BCUT2D eigenvalue weighted by Crippen LogP contribution is 2.28. The van der Waals surface area contributed by atoms with Crippen molar-refractivity contribution in [3.05, 3.63) is 63.1 Å². The first kappa shape index (κ1) is 17.7. The average Bonchev–Trinajstić information content (AvgIpc) is 3.02. The Morgan fingerprint density at radius 2 is 2.04 bits per heavy atom. The molecule has 3 rings (SSSR count). The lowest BCUT2D eigenvalue weighted by atomic mass is 10.1. The van der Waals surface area contributed by atoms with Crippen molar-refractivity contribution in [2.45, 2.75) is 19.6 Å². The molecule has 5 heteroatoms. The Balaban J connectivity index is 1.59. The fraction of sp³-hybridized carbons (Fsp3) is 0.368. The molecule has 0 saturated carbocycles. The van der Waals surface area contributed by atoms with Crippen molar-refractivity contribution in [1.29, 1.82) is 0 Å². The van der Waals surface area contributed by atoms with Gasteiger partial charge in [0.15, 0.2) is 0 Å². The summed E-state index contributed by atoms with van der Waals surface area (Å²) in [6, 6.07) is 14.2. The number of hydrogen-bond acceptors (Lipinski definition) is 3. The van der Waals surface area contributed by atoms with Crippen LogP contribution in [0, 0.1) is 5.92 Å². The van der Waals surface area contributed by atoms with E-state index < -0.39 is 0 Å². The lowest BCUT2D eigenvalue weighted by Gasteiger charge is -2.16. The second kappa shape index (κ2) is 8.34. The summed E-state index contributed by atoms with van der Waals surface area (Å²) in [4.78, 5) is 2.48. The van der Waals surface area contributed by atoms with Gasteiger partial charge in [0.05, 0.1) is 4.47 Å². The average molecular weight is 410 g/mol. The van der Waals surface area contributed by atoms with Crippen molar-refractivity contribution in [1.82, 2.24) is 4.90 Å². The first-order chi connectivity index (χ1) is 11.6. The second-order valence-electron chi connectivity index (χ2n) is 6.31. The van der Waals surface area contributed by atoms with E-state index in [4.69, 9.17) is 22.1 Å². The summed E-state index contributed by atoms with van der Waals surface area (Å²) in [7, 11) is 0. The summed E-state index contributed by atoms with van der Waals surface area (Å²) in [6.07, 6.45) is 1.21. The molecule has 0 radical (unpaired) electrons. The lowest BCUT2D eigenvalue weighted by Crippen LogP contribution is -2.22. The third-order valence-corrected chi connectivity index (χ3v) is 5.24. The van der Waals surface area contributed by atoms with E-state index in [1.165, 1.54) is 17.5 Å². The van der Waals surface area contributed by atoms with Crippen LogP contribution in [0.15, 0.2) is 46.9 Å². The third-order valence-electron chi connectivity index (χ3n) is 4.39. The van der Waals surface area contributed by atoms with Gasteiger partial charge in [0.2, 0.25) is 0 Å². The maximum atomic E-state index is 5.96. The monoisotopic (exact) mass is 408 g/mol. The predicted octanol–water partition coefficient (Wildman–Crippen LogP) is 4.46. The molecule has 2 N–H and O–H groups in total. The predicted molar refractivity (Wildman–Crippen MR) is 102 cm³/mol. The number of rotatable bonds is 6. The summed E-state index contributed by atoms with van der Waals surface area (Å²) in [5.74, 6) is 1.45. The van der Waals surface area contributed by atoms with E-state index in [9.17, 15) is 0 Å². The van der Waals surface area contributed by atoms with E-state index in [0.29, 0.717) is 17.5 Å². The minimum atomic E-state index is 0.541. The van der Waals surface area contributed by atoms with Crippen LogP contribution in [0.1, 0.15) is 17.5 Å². The summed E-state index contributed by atoms with van der Waals surface area (Å²) in [5.41, 5.74) is 8.27. The van der Waals surface area contributed by atoms with Gasteiger partial charge in [-0.05, 0) is 70.7 Å². The molecule has 24 heavy (non-hydrogen) atoms. The SMILES string of the molecule is NCC1CCN(Cc2cccc(COc3ccc(Cl)cc3Br)c2)C1. The zero-order valence-electron chi connectivity index (χ0n) is 13.6. The molecule has 1 heterocycles. The zero-order valence-corrected chi connectivity index (χ0v) is 15.9. The van der Waals surface area contributed by atoms with Gasteiger partial charge in [-0.2, -0.15) is 0 Å². The van der Waals surface area contributed by atoms with Crippen LogP contribution in [0.5, 0.6) is 5.75 Å². The van der Waals surface area contributed by atoms with Gasteiger partial charge in [0.25, 0.3) is 0 Å². The first-order valence-electron chi connectivity index (χ1n) is 8.22. The summed E-state index contributed by atoms with van der Waals surface area (Å²) in [5, 5.41) is 0.692. The Hall–Kier alpha value is -1.07. The molecule has 0 aliphatic carbocycles. The molecule has 128 valence electrons. The molecule has 1 unspecified atom stereocenters. The van der Waals surface area contributed by atoms with Crippen LogP contribution >= 0.6 is 27.5 Å². The minimum absolute atomic E-state index is 0.541. The van der Waals surface area contributed by atoms with E-state index in [1.807, 2.05) is 18.2 Å². The summed E-state index contributed by atoms with van der Waals surface area (Å²) >= 11 is 9.44. The van der Waals surface area contributed by atoms with E-state index >= 15 is 0 Å². The smallest absolute Gasteiger partial charge is 0.134 e. The molecule has 1 aliphatic heterocycles. The number of halogens is 2. The fourth-order valence-electron chi connectivity index (χ4n) is 3.08. The van der Waals surface area contributed by atoms with Gasteiger partial charge < -0.3 is 10.5 Å². The molecule has 1 saturated heterocycles. The molecule has 0 bridgehead atoms. The number of ether oxygens (including phenoxy) is 1. The molecule has 2 aromatic carbocycles. The molecule has 2 aromatic rings. The Labute approximate surface area is 156 Å². The molecule has 0 aromatic heterocycles. The minimum Gasteiger partial charge on any atom is -0.488 e. The molecular formula is C19H22BrClN2O. The van der Waals surface area contributed by atoms with Crippen molar-refractivity contribution in [3.8, 4) is 5.75 Å². The van der Waals surface area contributed by atoms with Crippen molar-refractivity contribution in [2.24, 2.45) is 11.7 Å². The van der Waals surface area contributed by atoms with Crippen molar-refractivity contribution in [2.75, 3.05) is 19.6 Å². The number of benzene rings is 2. The maximum Gasteiger partial charge on any atom is 0.134 e.